The molecule has 1 aliphatic carbocycles. The van der Waals surface area contributed by atoms with Gasteiger partial charge in [-0.1, -0.05) is 11.6 Å². The highest BCUT2D eigenvalue weighted by Crippen LogP contribution is 2.27. The van der Waals surface area contributed by atoms with E-state index in [1.165, 1.54) is 19.3 Å². The van der Waals surface area contributed by atoms with Crippen LogP contribution in [0.1, 0.15) is 37.7 Å². The summed E-state index contributed by atoms with van der Waals surface area (Å²) in [6.45, 7) is 3.34. The van der Waals surface area contributed by atoms with E-state index >= 15 is 0 Å². The average Bonchev–Trinajstić information content (AvgIpc) is 2.48. The molecule has 0 bridgehead atoms. The number of amides is 2. The minimum atomic E-state index is -0.0886. The first kappa shape index (κ1) is 15.6. The number of halogens is 1. The number of anilines is 1. The SMILES string of the molecule is Cc1c(Cl)cncc1NC(=O)N1CCC(OC2CCC2)CC1. The van der Waals surface area contributed by atoms with Crippen molar-refractivity contribution in [3.8, 4) is 0 Å². The van der Waals surface area contributed by atoms with Crippen LogP contribution in [0.15, 0.2) is 12.4 Å². The molecule has 2 heterocycles. The Labute approximate surface area is 136 Å². The molecular weight excluding hydrogens is 302 g/mol. The number of hydrogen-bond acceptors (Lipinski definition) is 3. The number of hydrogen-bond donors (Lipinski definition) is 1. The third-order valence-electron chi connectivity index (χ3n) is 4.56. The topological polar surface area (TPSA) is 54.5 Å². The molecule has 2 fully saturated rings. The highest BCUT2D eigenvalue weighted by molar-refractivity contribution is 6.31. The second-order valence-electron chi connectivity index (χ2n) is 6.10. The maximum atomic E-state index is 12.3. The molecule has 1 aromatic rings. The maximum absolute atomic E-state index is 12.3. The summed E-state index contributed by atoms with van der Waals surface area (Å²) in [7, 11) is 0. The molecule has 1 N–H and O–H groups in total. The smallest absolute Gasteiger partial charge is 0.321 e. The van der Waals surface area contributed by atoms with Crippen LogP contribution >= 0.6 is 11.6 Å². The molecule has 3 rings (SSSR count). The normalized spacial score (nSPS) is 19.8. The molecule has 120 valence electrons. The summed E-state index contributed by atoms with van der Waals surface area (Å²) in [6, 6.07) is -0.0886. The molecule has 1 saturated heterocycles. The van der Waals surface area contributed by atoms with Crippen LogP contribution in [0.3, 0.4) is 0 Å². The zero-order valence-electron chi connectivity index (χ0n) is 12.8. The third kappa shape index (κ3) is 3.52. The Morgan fingerprint density at radius 3 is 2.59 bits per heavy atom. The van der Waals surface area contributed by atoms with E-state index in [2.05, 4.69) is 10.3 Å². The molecule has 2 amide bonds. The van der Waals surface area contributed by atoms with Crippen molar-refractivity contribution in [3.63, 3.8) is 0 Å². The number of aromatic nitrogens is 1. The van der Waals surface area contributed by atoms with Crippen LogP contribution in [0.4, 0.5) is 10.5 Å². The first-order chi connectivity index (χ1) is 10.6. The minimum Gasteiger partial charge on any atom is -0.375 e. The molecular formula is C16H22ClN3O2. The van der Waals surface area contributed by atoms with Crippen molar-refractivity contribution < 1.29 is 9.53 Å². The number of carbonyl (C=O) groups excluding carboxylic acids is 1. The number of carbonyl (C=O) groups is 1. The van der Waals surface area contributed by atoms with Gasteiger partial charge in [0.1, 0.15) is 0 Å². The highest BCUT2D eigenvalue weighted by Gasteiger charge is 2.27. The quantitative estimate of drug-likeness (QED) is 0.924. The zero-order chi connectivity index (χ0) is 15.5. The van der Waals surface area contributed by atoms with Gasteiger partial charge in [-0.25, -0.2) is 4.79 Å². The van der Waals surface area contributed by atoms with Gasteiger partial charge in [-0.15, -0.1) is 0 Å². The van der Waals surface area contributed by atoms with Crippen molar-refractivity contribution in [2.45, 2.75) is 51.2 Å². The number of nitrogens with zero attached hydrogens (tertiary/aromatic N) is 2. The molecule has 0 aromatic carbocycles. The summed E-state index contributed by atoms with van der Waals surface area (Å²) >= 11 is 6.03. The number of ether oxygens (including phenoxy) is 1. The van der Waals surface area contributed by atoms with Gasteiger partial charge >= 0.3 is 6.03 Å². The van der Waals surface area contributed by atoms with Gasteiger partial charge in [-0.3, -0.25) is 4.98 Å². The van der Waals surface area contributed by atoms with E-state index in [0.29, 0.717) is 22.9 Å². The maximum Gasteiger partial charge on any atom is 0.321 e. The molecule has 2 aliphatic rings. The standard InChI is InChI=1S/C16H22ClN3O2/c1-11-14(17)9-18-10-15(11)19-16(21)20-7-5-13(6-8-20)22-12-3-2-4-12/h9-10,12-13H,2-8H2,1H3,(H,19,21). The van der Waals surface area contributed by atoms with Gasteiger partial charge in [-0.2, -0.15) is 0 Å². The fraction of sp³-hybridized carbons (Fsp3) is 0.625. The van der Waals surface area contributed by atoms with Crippen LogP contribution in [0.5, 0.6) is 0 Å². The minimum absolute atomic E-state index is 0.0886. The average molecular weight is 324 g/mol. The summed E-state index contributed by atoms with van der Waals surface area (Å²) in [5, 5.41) is 3.46. The Morgan fingerprint density at radius 2 is 1.95 bits per heavy atom. The second-order valence-corrected chi connectivity index (χ2v) is 6.51. The number of piperidine rings is 1. The fourth-order valence-corrected chi connectivity index (χ4v) is 2.95. The summed E-state index contributed by atoms with van der Waals surface area (Å²) in [6.07, 6.45) is 9.49. The molecule has 6 heteroatoms. The number of nitrogens with one attached hydrogen (secondary N) is 1. The van der Waals surface area contributed by atoms with Crippen molar-refractivity contribution in [2.75, 3.05) is 18.4 Å². The van der Waals surface area contributed by atoms with Gasteiger partial charge < -0.3 is 15.0 Å². The number of likely N-dealkylation sites (tertiary alicyclic amines) is 1. The second kappa shape index (κ2) is 6.84. The first-order valence-electron chi connectivity index (χ1n) is 7.95. The van der Waals surface area contributed by atoms with Gasteiger partial charge in [0.25, 0.3) is 0 Å². The third-order valence-corrected chi connectivity index (χ3v) is 4.94. The molecule has 0 atom stereocenters. The lowest BCUT2D eigenvalue weighted by molar-refractivity contribution is -0.0694. The summed E-state index contributed by atoms with van der Waals surface area (Å²) < 4.78 is 6.02. The number of rotatable bonds is 3. The van der Waals surface area contributed by atoms with E-state index in [1.807, 2.05) is 11.8 Å². The Balaban J connectivity index is 1.50. The lowest BCUT2D eigenvalue weighted by Gasteiger charge is -2.36. The van der Waals surface area contributed by atoms with Crippen LogP contribution in [0, 0.1) is 6.92 Å². The van der Waals surface area contributed by atoms with Gasteiger partial charge in [0.05, 0.1) is 29.1 Å². The van der Waals surface area contributed by atoms with Crippen LogP contribution in [0.25, 0.3) is 0 Å². The predicted octanol–water partition coefficient (Wildman–Crippen LogP) is 3.61. The van der Waals surface area contributed by atoms with Crippen molar-refractivity contribution in [1.29, 1.82) is 0 Å². The molecule has 1 aromatic heterocycles. The monoisotopic (exact) mass is 323 g/mol. The van der Waals surface area contributed by atoms with E-state index in [9.17, 15) is 4.79 Å². The van der Waals surface area contributed by atoms with E-state index in [-0.39, 0.29) is 6.03 Å². The van der Waals surface area contributed by atoms with Crippen molar-refractivity contribution in [1.82, 2.24) is 9.88 Å². The van der Waals surface area contributed by atoms with Gasteiger partial charge in [0.2, 0.25) is 0 Å². The van der Waals surface area contributed by atoms with Gasteiger partial charge in [-0.05, 0) is 44.6 Å². The fourth-order valence-electron chi connectivity index (χ4n) is 2.79. The molecule has 1 aliphatic heterocycles. The largest absolute Gasteiger partial charge is 0.375 e. The Bertz CT molecular complexity index is 540. The van der Waals surface area contributed by atoms with E-state index < -0.39 is 0 Å². The summed E-state index contributed by atoms with van der Waals surface area (Å²) in [4.78, 5) is 18.2. The molecule has 0 radical (unpaired) electrons. The summed E-state index contributed by atoms with van der Waals surface area (Å²) in [5.41, 5.74) is 1.51. The number of pyridine rings is 1. The lowest BCUT2D eigenvalue weighted by Crippen LogP contribution is -2.44. The van der Waals surface area contributed by atoms with Gasteiger partial charge in [0, 0.05) is 19.3 Å². The lowest BCUT2D eigenvalue weighted by atomic mass is 9.95. The highest BCUT2D eigenvalue weighted by atomic mass is 35.5. The van der Waals surface area contributed by atoms with Crippen LogP contribution in [0.2, 0.25) is 5.02 Å². The van der Waals surface area contributed by atoms with Crippen molar-refractivity contribution in [3.05, 3.63) is 23.0 Å². The Kier molecular flexibility index (Phi) is 4.84. The van der Waals surface area contributed by atoms with E-state index in [1.54, 1.807) is 12.4 Å². The first-order valence-corrected chi connectivity index (χ1v) is 8.33. The number of urea groups is 1. The summed E-state index contributed by atoms with van der Waals surface area (Å²) in [5.74, 6) is 0. The van der Waals surface area contributed by atoms with Gasteiger partial charge in [0.15, 0.2) is 0 Å². The Morgan fingerprint density at radius 1 is 1.27 bits per heavy atom. The van der Waals surface area contributed by atoms with E-state index in [0.717, 1.165) is 31.5 Å². The molecule has 22 heavy (non-hydrogen) atoms. The molecule has 5 nitrogen and oxygen atoms in total. The molecule has 0 spiro atoms. The molecule has 0 unspecified atom stereocenters. The van der Waals surface area contributed by atoms with Crippen molar-refractivity contribution >= 4 is 23.3 Å². The predicted molar refractivity (Wildman–Crippen MR) is 86.3 cm³/mol. The zero-order valence-corrected chi connectivity index (χ0v) is 13.6. The van der Waals surface area contributed by atoms with Crippen molar-refractivity contribution in [2.24, 2.45) is 0 Å². The van der Waals surface area contributed by atoms with Crippen LogP contribution in [-0.4, -0.2) is 41.2 Å². The molecule has 1 saturated carbocycles. The van der Waals surface area contributed by atoms with Crippen LogP contribution in [-0.2, 0) is 4.74 Å². The van der Waals surface area contributed by atoms with E-state index in [4.69, 9.17) is 16.3 Å². The van der Waals surface area contributed by atoms with Crippen LogP contribution < -0.4 is 5.32 Å². The Hall–Kier alpha value is -1.33.